The standard InChI is InChI=1S/C22H22N2O3/c1-14-6-7-17(12-15(14)2)24(11-5-10-23)22(25)21-16(3)19-13-18(26-4)8-9-20(19)27-21/h6-9,12-13H,5,11H2,1-4H3. The summed E-state index contributed by atoms with van der Waals surface area (Å²) in [6, 6.07) is 13.4. The zero-order valence-electron chi connectivity index (χ0n) is 16.0. The van der Waals surface area contributed by atoms with Crippen molar-refractivity contribution >= 4 is 22.6 Å². The molecule has 0 atom stereocenters. The van der Waals surface area contributed by atoms with E-state index >= 15 is 0 Å². The largest absolute Gasteiger partial charge is 0.497 e. The summed E-state index contributed by atoms with van der Waals surface area (Å²) >= 11 is 0. The van der Waals surface area contributed by atoms with Crippen molar-refractivity contribution in [3.05, 3.63) is 58.8 Å². The van der Waals surface area contributed by atoms with Crippen LogP contribution in [0.25, 0.3) is 11.0 Å². The Bertz CT molecular complexity index is 1040. The van der Waals surface area contributed by atoms with E-state index in [-0.39, 0.29) is 18.1 Å². The fourth-order valence-electron chi connectivity index (χ4n) is 3.06. The van der Waals surface area contributed by atoms with Crippen LogP contribution in [-0.2, 0) is 0 Å². The van der Waals surface area contributed by atoms with Crippen LogP contribution in [0.3, 0.4) is 0 Å². The number of nitrogens with zero attached hydrogens (tertiary/aromatic N) is 2. The van der Waals surface area contributed by atoms with E-state index in [1.165, 1.54) is 0 Å². The Balaban J connectivity index is 2.06. The molecule has 0 N–H and O–H groups in total. The average molecular weight is 362 g/mol. The van der Waals surface area contributed by atoms with Gasteiger partial charge in [-0.1, -0.05) is 6.07 Å². The van der Waals surface area contributed by atoms with Crippen LogP contribution in [0.1, 0.15) is 33.7 Å². The lowest BCUT2D eigenvalue weighted by molar-refractivity contribution is 0.0962. The van der Waals surface area contributed by atoms with Gasteiger partial charge in [0.05, 0.1) is 19.6 Å². The number of hydrogen-bond donors (Lipinski definition) is 0. The van der Waals surface area contributed by atoms with Crippen molar-refractivity contribution in [1.29, 1.82) is 5.26 Å². The molecular weight excluding hydrogens is 340 g/mol. The van der Waals surface area contributed by atoms with Crippen molar-refractivity contribution in [2.24, 2.45) is 0 Å². The maximum atomic E-state index is 13.3. The number of benzene rings is 2. The molecule has 0 saturated carbocycles. The van der Waals surface area contributed by atoms with Gasteiger partial charge >= 0.3 is 0 Å². The number of nitriles is 1. The second kappa shape index (κ2) is 7.55. The monoisotopic (exact) mass is 362 g/mol. The second-order valence-corrected chi connectivity index (χ2v) is 6.55. The molecule has 1 heterocycles. The number of hydrogen-bond acceptors (Lipinski definition) is 4. The van der Waals surface area contributed by atoms with Gasteiger partial charge in [0.25, 0.3) is 5.91 Å². The van der Waals surface area contributed by atoms with Gasteiger partial charge in [-0.2, -0.15) is 5.26 Å². The molecule has 5 nitrogen and oxygen atoms in total. The molecule has 1 amide bonds. The molecule has 0 radical (unpaired) electrons. The summed E-state index contributed by atoms with van der Waals surface area (Å²) in [6.45, 7) is 6.20. The van der Waals surface area contributed by atoms with Gasteiger partial charge < -0.3 is 14.1 Å². The van der Waals surface area contributed by atoms with Gasteiger partial charge in [0.2, 0.25) is 0 Å². The Hall–Kier alpha value is -3.26. The Kier molecular flexibility index (Phi) is 5.18. The van der Waals surface area contributed by atoms with Crippen molar-refractivity contribution in [1.82, 2.24) is 0 Å². The molecule has 0 fully saturated rings. The van der Waals surface area contributed by atoms with E-state index in [0.29, 0.717) is 17.9 Å². The summed E-state index contributed by atoms with van der Waals surface area (Å²) < 4.78 is 11.1. The number of carbonyl (C=O) groups excluding carboxylic acids is 1. The number of rotatable bonds is 5. The minimum absolute atomic E-state index is 0.242. The molecule has 0 aliphatic rings. The first-order chi connectivity index (χ1) is 13.0. The molecule has 1 aromatic heterocycles. The summed E-state index contributed by atoms with van der Waals surface area (Å²) in [4.78, 5) is 14.9. The molecule has 0 spiro atoms. The molecule has 0 aliphatic heterocycles. The van der Waals surface area contributed by atoms with Gasteiger partial charge in [0, 0.05) is 23.2 Å². The van der Waals surface area contributed by atoms with Crippen LogP contribution < -0.4 is 9.64 Å². The third-order valence-electron chi connectivity index (χ3n) is 4.83. The predicted octanol–water partition coefficient (Wildman–Crippen LogP) is 4.93. The Morgan fingerprint density at radius 2 is 1.93 bits per heavy atom. The van der Waals surface area contributed by atoms with Crippen LogP contribution in [0.15, 0.2) is 40.8 Å². The highest BCUT2D eigenvalue weighted by Gasteiger charge is 2.25. The van der Waals surface area contributed by atoms with E-state index in [9.17, 15) is 4.79 Å². The van der Waals surface area contributed by atoms with Gasteiger partial charge in [-0.15, -0.1) is 0 Å². The maximum absolute atomic E-state index is 13.3. The van der Waals surface area contributed by atoms with Crippen LogP contribution in [-0.4, -0.2) is 19.6 Å². The molecule has 0 bridgehead atoms. The number of carbonyl (C=O) groups is 1. The number of aryl methyl sites for hydroxylation is 3. The summed E-state index contributed by atoms with van der Waals surface area (Å²) in [5.74, 6) is 0.747. The summed E-state index contributed by atoms with van der Waals surface area (Å²) in [5, 5.41) is 9.86. The lowest BCUT2D eigenvalue weighted by Gasteiger charge is -2.22. The fourth-order valence-corrected chi connectivity index (χ4v) is 3.06. The van der Waals surface area contributed by atoms with Crippen LogP contribution in [0.2, 0.25) is 0 Å². The highest BCUT2D eigenvalue weighted by atomic mass is 16.5. The number of fused-ring (bicyclic) bond motifs is 1. The topological polar surface area (TPSA) is 66.5 Å². The molecule has 2 aromatic carbocycles. The third kappa shape index (κ3) is 3.52. The predicted molar refractivity (Wildman–Crippen MR) is 105 cm³/mol. The summed E-state index contributed by atoms with van der Waals surface area (Å²) in [6.07, 6.45) is 0.242. The van der Waals surface area contributed by atoms with Crippen molar-refractivity contribution < 1.29 is 13.9 Å². The van der Waals surface area contributed by atoms with E-state index in [0.717, 1.165) is 27.8 Å². The second-order valence-electron chi connectivity index (χ2n) is 6.55. The number of methoxy groups -OCH3 is 1. The first kappa shape index (κ1) is 18.5. The Morgan fingerprint density at radius 3 is 2.59 bits per heavy atom. The SMILES string of the molecule is COc1ccc2oc(C(=O)N(CCC#N)c3ccc(C)c(C)c3)c(C)c2c1. The molecule has 5 heteroatoms. The molecule has 0 saturated heterocycles. The summed E-state index contributed by atoms with van der Waals surface area (Å²) in [5.41, 5.74) is 4.40. The van der Waals surface area contributed by atoms with Gasteiger partial charge in [0.15, 0.2) is 5.76 Å². The quantitative estimate of drug-likeness (QED) is 0.645. The van der Waals surface area contributed by atoms with Crippen LogP contribution >= 0.6 is 0 Å². The lowest BCUT2D eigenvalue weighted by atomic mass is 10.1. The fraction of sp³-hybridized carbons (Fsp3) is 0.273. The minimum Gasteiger partial charge on any atom is -0.497 e. The highest BCUT2D eigenvalue weighted by molar-refractivity contribution is 6.08. The van der Waals surface area contributed by atoms with Crippen molar-refractivity contribution in [2.75, 3.05) is 18.6 Å². The van der Waals surface area contributed by atoms with Crippen LogP contribution in [0.5, 0.6) is 5.75 Å². The van der Waals surface area contributed by atoms with E-state index in [1.54, 1.807) is 24.1 Å². The van der Waals surface area contributed by atoms with Crippen molar-refractivity contribution in [3.8, 4) is 11.8 Å². The van der Waals surface area contributed by atoms with E-state index in [1.807, 2.05) is 45.0 Å². The molecule has 0 aliphatic carbocycles. The number of anilines is 1. The third-order valence-corrected chi connectivity index (χ3v) is 4.83. The van der Waals surface area contributed by atoms with Gasteiger partial charge in [-0.25, -0.2) is 0 Å². The molecule has 27 heavy (non-hydrogen) atoms. The first-order valence-electron chi connectivity index (χ1n) is 8.79. The average Bonchev–Trinajstić information content (AvgIpc) is 3.00. The number of furan rings is 1. The van der Waals surface area contributed by atoms with Gasteiger partial charge in [-0.3, -0.25) is 4.79 Å². The van der Waals surface area contributed by atoms with Gasteiger partial charge in [-0.05, 0) is 62.2 Å². The molecule has 138 valence electrons. The normalized spacial score (nSPS) is 10.6. The maximum Gasteiger partial charge on any atom is 0.294 e. The van der Waals surface area contributed by atoms with Crippen LogP contribution in [0.4, 0.5) is 5.69 Å². The molecule has 3 aromatic rings. The van der Waals surface area contributed by atoms with Gasteiger partial charge in [0.1, 0.15) is 11.3 Å². The molecular formula is C22H22N2O3. The zero-order valence-corrected chi connectivity index (χ0v) is 16.0. The Morgan fingerprint density at radius 1 is 1.15 bits per heavy atom. The summed E-state index contributed by atoms with van der Waals surface area (Å²) in [7, 11) is 1.60. The lowest BCUT2D eigenvalue weighted by Crippen LogP contribution is -2.32. The molecule has 0 unspecified atom stereocenters. The van der Waals surface area contributed by atoms with Crippen molar-refractivity contribution in [2.45, 2.75) is 27.2 Å². The molecule has 3 rings (SSSR count). The minimum atomic E-state index is -0.249. The van der Waals surface area contributed by atoms with E-state index in [2.05, 4.69) is 6.07 Å². The number of amides is 1. The smallest absolute Gasteiger partial charge is 0.294 e. The number of ether oxygens (including phenoxy) is 1. The van der Waals surface area contributed by atoms with E-state index in [4.69, 9.17) is 14.4 Å². The zero-order chi connectivity index (χ0) is 19.6. The van der Waals surface area contributed by atoms with E-state index < -0.39 is 0 Å². The Labute approximate surface area is 158 Å². The van der Waals surface area contributed by atoms with Crippen molar-refractivity contribution in [3.63, 3.8) is 0 Å². The first-order valence-corrected chi connectivity index (χ1v) is 8.79. The highest BCUT2D eigenvalue weighted by Crippen LogP contribution is 2.31. The van der Waals surface area contributed by atoms with Crippen LogP contribution in [0, 0.1) is 32.1 Å².